The van der Waals surface area contributed by atoms with Crippen LogP contribution in [0.25, 0.3) is 11.1 Å². The molecule has 1 N–H and O–H groups in total. The van der Waals surface area contributed by atoms with E-state index in [2.05, 4.69) is 4.98 Å². The molecular formula is C15H14Cl2N2O2. The zero-order chi connectivity index (χ0) is 15.1. The lowest BCUT2D eigenvalue weighted by molar-refractivity contribution is 0.452. The zero-order valence-corrected chi connectivity index (χ0v) is 12.9. The summed E-state index contributed by atoms with van der Waals surface area (Å²) in [5, 5.41) is 0.637. The fraction of sp³-hybridized carbons (Fsp3) is 0.333. The third-order valence-electron chi connectivity index (χ3n) is 3.93. The highest BCUT2D eigenvalue weighted by atomic mass is 35.5. The number of H-pyrrole nitrogens is 1. The van der Waals surface area contributed by atoms with E-state index >= 15 is 0 Å². The van der Waals surface area contributed by atoms with E-state index in [4.69, 9.17) is 23.2 Å². The Kier molecular flexibility index (Phi) is 3.68. The average Bonchev–Trinajstić information content (AvgIpc) is 3.24. The van der Waals surface area contributed by atoms with E-state index in [9.17, 15) is 9.59 Å². The Labute approximate surface area is 131 Å². The van der Waals surface area contributed by atoms with Crippen LogP contribution >= 0.6 is 23.2 Å². The lowest BCUT2D eigenvalue weighted by atomic mass is 10.1. The minimum Gasteiger partial charge on any atom is -0.297 e. The number of benzene rings is 1. The molecule has 0 spiro atoms. The minimum absolute atomic E-state index is 0.0616. The molecule has 0 saturated heterocycles. The summed E-state index contributed by atoms with van der Waals surface area (Å²) < 4.78 is 1.27. The number of hydrogen-bond acceptors (Lipinski definition) is 2. The third kappa shape index (κ3) is 2.65. The van der Waals surface area contributed by atoms with Crippen molar-refractivity contribution >= 4 is 23.2 Å². The van der Waals surface area contributed by atoms with Gasteiger partial charge < -0.3 is 0 Å². The molecule has 0 radical (unpaired) electrons. The van der Waals surface area contributed by atoms with Gasteiger partial charge in [0.1, 0.15) is 5.15 Å². The van der Waals surface area contributed by atoms with E-state index in [-0.39, 0.29) is 16.8 Å². The normalized spacial score (nSPS) is 16.0. The molecule has 1 fully saturated rings. The highest BCUT2D eigenvalue weighted by molar-refractivity contribution is 6.32. The monoisotopic (exact) mass is 324 g/mol. The van der Waals surface area contributed by atoms with Gasteiger partial charge in [-0.1, -0.05) is 35.3 Å². The van der Waals surface area contributed by atoms with Crippen LogP contribution in [-0.4, -0.2) is 9.55 Å². The number of nitrogens with one attached hydrogen (secondary N) is 1. The first-order valence-corrected chi connectivity index (χ1v) is 7.55. The molecule has 1 aliphatic rings. The predicted molar refractivity (Wildman–Crippen MR) is 84.2 cm³/mol. The molecule has 6 heteroatoms. The van der Waals surface area contributed by atoms with Crippen LogP contribution in [0.5, 0.6) is 0 Å². The molecule has 1 heterocycles. The molecule has 0 bridgehead atoms. The molecule has 4 nitrogen and oxygen atoms in total. The molecule has 3 rings (SSSR count). The standard InChI is InChI=1S/C15H14Cl2N2O2/c1-8(9-2-3-9)19-14(20)12(13(17)18-15(19)21)10-4-6-11(16)7-5-10/h4-9H,2-3H2,1H3,(H,18,21). The summed E-state index contributed by atoms with van der Waals surface area (Å²) in [4.78, 5) is 27.3. The molecule has 1 saturated carbocycles. The van der Waals surface area contributed by atoms with Gasteiger partial charge in [0.2, 0.25) is 0 Å². The maximum absolute atomic E-state index is 12.7. The van der Waals surface area contributed by atoms with Crippen LogP contribution in [0, 0.1) is 5.92 Å². The SMILES string of the molecule is CC(C1CC1)n1c(=O)[nH]c(Cl)c(-c2ccc(Cl)cc2)c1=O. The van der Waals surface area contributed by atoms with Gasteiger partial charge >= 0.3 is 5.69 Å². The minimum atomic E-state index is -0.456. The van der Waals surface area contributed by atoms with E-state index < -0.39 is 5.69 Å². The summed E-state index contributed by atoms with van der Waals surface area (Å²) >= 11 is 11.9. The molecule has 2 aromatic rings. The Morgan fingerprint density at radius 1 is 1.19 bits per heavy atom. The number of aromatic amines is 1. The fourth-order valence-corrected chi connectivity index (χ4v) is 2.95. The number of halogens is 2. The highest BCUT2D eigenvalue weighted by Gasteiger charge is 2.31. The van der Waals surface area contributed by atoms with E-state index in [1.165, 1.54) is 4.57 Å². The largest absolute Gasteiger partial charge is 0.329 e. The summed E-state index contributed by atoms with van der Waals surface area (Å²) in [6.07, 6.45) is 2.10. The van der Waals surface area contributed by atoms with Crippen LogP contribution < -0.4 is 11.2 Å². The average molecular weight is 325 g/mol. The van der Waals surface area contributed by atoms with Crippen LogP contribution in [0.2, 0.25) is 10.2 Å². The molecule has 1 unspecified atom stereocenters. The fourth-order valence-electron chi connectivity index (χ4n) is 2.55. The number of hydrogen-bond donors (Lipinski definition) is 1. The lowest BCUT2D eigenvalue weighted by Gasteiger charge is -2.15. The van der Waals surface area contributed by atoms with Gasteiger partial charge in [-0.25, -0.2) is 4.79 Å². The molecule has 1 aromatic heterocycles. The Balaban J connectivity index is 2.21. The van der Waals surface area contributed by atoms with E-state index in [1.54, 1.807) is 24.3 Å². The van der Waals surface area contributed by atoms with Crippen molar-refractivity contribution < 1.29 is 0 Å². The lowest BCUT2D eigenvalue weighted by Crippen LogP contribution is -2.38. The number of rotatable bonds is 3. The second-order valence-electron chi connectivity index (χ2n) is 5.38. The van der Waals surface area contributed by atoms with Crippen LogP contribution in [0.3, 0.4) is 0 Å². The smallest absolute Gasteiger partial charge is 0.297 e. The van der Waals surface area contributed by atoms with Gasteiger partial charge in [-0.15, -0.1) is 0 Å². The summed E-state index contributed by atoms with van der Waals surface area (Å²) in [5.74, 6) is 0.392. The Hall–Kier alpha value is -1.52. The first-order valence-electron chi connectivity index (χ1n) is 6.79. The maximum atomic E-state index is 12.7. The predicted octanol–water partition coefficient (Wildman–Crippen LogP) is 3.48. The summed E-state index contributed by atoms with van der Waals surface area (Å²) in [7, 11) is 0. The molecular weight excluding hydrogens is 311 g/mol. The molecule has 1 aromatic carbocycles. The van der Waals surface area contributed by atoms with Crippen molar-refractivity contribution in [1.29, 1.82) is 0 Å². The van der Waals surface area contributed by atoms with Crippen molar-refractivity contribution in [2.75, 3.05) is 0 Å². The molecule has 21 heavy (non-hydrogen) atoms. The topological polar surface area (TPSA) is 54.9 Å². The Morgan fingerprint density at radius 3 is 2.38 bits per heavy atom. The van der Waals surface area contributed by atoms with Crippen LogP contribution in [-0.2, 0) is 0 Å². The second kappa shape index (κ2) is 5.35. The van der Waals surface area contributed by atoms with Crippen molar-refractivity contribution in [3.63, 3.8) is 0 Å². The third-order valence-corrected chi connectivity index (χ3v) is 4.47. The molecule has 0 amide bonds. The second-order valence-corrected chi connectivity index (χ2v) is 6.19. The van der Waals surface area contributed by atoms with Crippen molar-refractivity contribution in [2.45, 2.75) is 25.8 Å². The van der Waals surface area contributed by atoms with E-state index in [1.807, 2.05) is 6.92 Å². The van der Waals surface area contributed by atoms with Crippen LogP contribution in [0.15, 0.2) is 33.9 Å². The zero-order valence-electron chi connectivity index (χ0n) is 11.4. The molecule has 110 valence electrons. The van der Waals surface area contributed by atoms with Gasteiger partial charge in [-0.05, 0) is 43.4 Å². The summed E-state index contributed by atoms with van der Waals surface area (Å²) in [6, 6.07) is 6.69. The van der Waals surface area contributed by atoms with E-state index in [0.29, 0.717) is 22.1 Å². The van der Waals surface area contributed by atoms with Gasteiger partial charge in [0, 0.05) is 11.1 Å². The van der Waals surface area contributed by atoms with Crippen molar-refractivity contribution in [3.05, 3.63) is 55.3 Å². The van der Waals surface area contributed by atoms with Gasteiger partial charge in [0.05, 0.1) is 5.56 Å². The maximum Gasteiger partial charge on any atom is 0.329 e. The van der Waals surface area contributed by atoms with Crippen molar-refractivity contribution in [3.8, 4) is 11.1 Å². The quantitative estimate of drug-likeness (QED) is 0.879. The van der Waals surface area contributed by atoms with Crippen molar-refractivity contribution in [2.24, 2.45) is 5.92 Å². The van der Waals surface area contributed by atoms with Gasteiger partial charge in [0.15, 0.2) is 0 Å². The molecule has 1 atom stereocenters. The van der Waals surface area contributed by atoms with Gasteiger partial charge in [0.25, 0.3) is 5.56 Å². The molecule has 1 aliphatic carbocycles. The van der Waals surface area contributed by atoms with Gasteiger partial charge in [-0.3, -0.25) is 14.3 Å². The summed E-state index contributed by atoms with van der Waals surface area (Å²) in [6.45, 7) is 1.90. The molecule has 0 aliphatic heterocycles. The first kappa shape index (κ1) is 14.4. The Morgan fingerprint density at radius 2 is 1.81 bits per heavy atom. The number of aromatic nitrogens is 2. The highest BCUT2D eigenvalue weighted by Crippen LogP contribution is 2.38. The first-order chi connectivity index (χ1) is 9.99. The van der Waals surface area contributed by atoms with Crippen molar-refractivity contribution in [1.82, 2.24) is 9.55 Å². The van der Waals surface area contributed by atoms with Crippen LogP contribution in [0.1, 0.15) is 25.8 Å². The van der Waals surface area contributed by atoms with Gasteiger partial charge in [-0.2, -0.15) is 0 Å². The number of nitrogens with zero attached hydrogens (tertiary/aromatic N) is 1. The van der Waals surface area contributed by atoms with Crippen LogP contribution in [0.4, 0.5) is 0 Å². The van der Waals surface area contributed by atoms with E-state index in [0.717, 1.165) is 12.8 Å². The summed E-state index contributed by atoms with van der Waals surface area (Å²) in [5.41, 5.74) is 0.135. The Bertz CT molecular complexity index is 789.